The number of non-ortho nitro benzene ring substituents is 1. The summed E-state index contributed by atoms with van der Waals surface area (Å²) in [5, 5.41) is 13.9. The fourth-order valence-electron chi connectivity index (χ4n) is 3.00. The number of hydrogen-bond donors (Lipinski definition) is 1. The summed E-state index contributed by atoms with van der Waals surface area (Å²) < 4.78 is 35.9. The number of anilines is 1. The number of rotatable bonds is 10. The zero-order valence-electron chi connectivity index (χ0n) is 17.7. The maximum Gasteiger partial charge on any atom is 0.271 e. The van der Waals surface area contributed by atoms with Crippen LogP contribution in [0.1, 0.15) is 24.9 Å². The third-order valence-corrected chi connectivity index (χ3v) is 5.72. The van der Waals surface area contributed by atoms with Crippen molar-refractivity contribution in [3.05, 3.63) is 58.1 Å². The Kier molecular flexibility index (Phi) is 7.81. The first kappa shape index (κ1) is 23.9. The van der Waals surface area contributed by atoms with Crippen molar-refractivity contribution in [2.75, 3.05) is 31.3 Å². The van der Waals surface area contributed by atoms with E-state index in [4.69, 9.17) is 9.47 Å². The average Bonchev–Trinajstić information content (AvgIpc) is 2.74. The van der Waals surface area contributed by atoms with Gasteiger partial charge in [0.1, 0.15) is 23.7 Å². The van der Waals surface area contributed by atoms with E-state index < -0.39 is 27.4 Å². The van der Waals surface area contributed by atoms with Gasteiger partial charge in [-0.3, -0.25) is 19.2 Å². The SMILES string of the molecule is CC[C@@H](NC(=O)CN(c1cc([N+](=O)[O-])ccc1OC)S(C)(=O)=O)c1ccc(OC)cc1. The molecule has 0 aliphatic rings. The van der Waals surface area contributed by atoms with E-state index >= 15 is 0 Å². The summed E-state index contributed by atoms with van der Waals surface area (Å²) in [5.41, 5.74) is 0.414. The third-order valence-electron chi connectivity index (χ3n) is 4.59. The molecule has 11 heteroatoms. The maximum absolute atomic E-state index is 12.7. The highest BCUT2D eigenvalue weighted by Gasteiger charge is 2.27. The molecule has 1 N–H and O–H groups in total. The van der Waals surface area contributed by atoms with Crippen LogP contribution in [-0.2, 0) is 14.8 Å². The lowest BCUT2D eigenvalue weighted by Gasteiger charge is -2.25. The summed E-state index contributed by atoms with van der Waals surface area (Å²) in [7, 11) is -1.09. The summed E-state index contributed by atoms with van der Waals surface area (Å²) in [4.78, 5) is 23.2. The minimum absolute atomic E-state index is 0.0889. The number of hydrogen-bond acceptors (Lipinski definition) is 7. The van der Waals surface area contributed by atoms with Crippen LogP contribution < -0.4 is 19.1 Å². The van der Waals surface area contributed by atoms with Gasteiger partial charge in [0.15, 0.2) is 0 Å². The summed E-state index contributed by atoms with van der Waals surface area (Å²) in [5.74, 6) is 0.193. The third kappa shape index (κ3) is 6.07. The van der Waals surface area contributed by atoms with Crippen LogP contribution in [-0.4, -0.2) is 46.3 Å². The van der Waals surface area contributed by atoms with E-state index in [9.17, 15) is 23.3 Å². The number of carbonyl (C=O) groups excluding carboxylic acids is 1. The molecule has 31 heavy (non-hydrogen) atoms. The van der Waals surface area contributed by atoms with Gasteiger partial charge in [0.05, 0.1) is 31.4 Å². The number of sulfonamides is 1. The molecule has 0 spiro atoms. The van der Waals surface area contributed by atoms with Crippen molar-refractivity contribution < 1.29 is 27.6 Å². The van der Waals surface area contributed by atoms with E-state index in [0.717, 1.165) is 22.2 Å². The van der Waals surface area contributed by atoms with Gasteiger partial charge in [-0.1, -0.05) is 19.1 Å². The zero-order valence-corrected chi connectivity index (χ0v) is 18.5. The van der Waals surface area contributed by atoms with Crippen LogP contribution in [0.4, 0.5) is 11.4 Å². The molecule has 10 nitrogen and oxygen atoms in total. The van der Waals surface area contributed by atoms with Crippen molar-refractivity contribution in [2.24, 2.45) is 0 Å². The Labute approximate surface area is 181 Å². The number of amides is 1. The molecule has 1 atom stereocenters. The maximum atomic E-state index is 12.7. The lowest BCUT2D eigenvalue weighted by Crippen LogP contribution is -2.41. The Balaban J connectivity index is 2.31. The fraction of sp³-hybridized carbons (Fsp3) is 0.350. The minimum Gasteiger partial charge on any atom is -0.497 e. The molecule has 168 valence electrons. The molecule has 1 amide bonds. The Morgan fingerprint density at radius 3 is 2.29 bits per heavy atom. The van der Waals surface area contributed by atoms with E-state index in [0.29, 0.717) is 12.2 Å². The first-order chi connectivity index (χ1) is 14.6. The highest BCUT2D eigenvalue weighted by Crippen LogP contribution is 2.33. The summed E-state index contributed by atoms with van der Waals surface area (Å²) >= 11 is 0. The van der Waals surface area contributed by atoms with Crippen LogP contribution in [0.15, 0.2) is 42.5 Å². The molecule has 0 aliphatic heterocycles. The van der Waals surface area contributed by atoms with Gasteiger partial charge in [0, 0.05) is 12.1 Å². The van der Waals surface area contributed by atoms with Gasteiger partial charge in [-0.2, -0.15) is 0 Å². The van der Waals surface area contributed by atoms with Gasteiger partial charge in [0.2, 0.25) is 15.9 Å². The lowest BCUT2D eigenvalue weighted by molar-refractivity contribution is -0.384. The number of nitrogens with one attached hydrogen (secondary N) is 1. The van der Waals surface area contributed by atoms with E-state index in [1.54, 1.807) is 19.2 Å². The largest absolute Gasteiger partial charge is 0.497 e. The molecule has 0 aliphatic carbocycles. The molecule has 0 saturated carbocycles. The molecule has 2 rings (SSSR count). The van der Waals surface area contributed by atoms with Gasteiger partial charge in [-0.05, 0) is 30.2 Å². The highest BCUT2D eigenvalue weighted by atomic mass is 32.2. The van der Waals surface area contributed by atoms with Crippen molar-refractivity contribution >= 4 is 27.3 Å². The van der Waals surface area contributed by atoms with Crippen molar-refractivity contribution in [3.63, 3.8) is 0 Å². The molecular formula is C20H25N3O7S. The van der Waals surface area contributed by atoms with Gasteiger partial charge in [-0.15, -0.1) is 0 Å². The molecule has 0 heterocycles. The van der Waals surface area contributed by atoms with Crippen molar-refractivity contribution in [1.82, 2.24) is 5.32 Å². The zero-order chi connectivity index (χ0) is 23.2. The van der Waals surface area contributed by atoms with E-state index in [1.807, 2.05) is 19.1 Å². The Bertz CT molecular complexity index is 1040. The number of nitrogens with zero attached hydrogens (tertiary/aromatic N) is 2. The highest BCUT2D eigenvalue weighted by molar-refractivity contribution is 7.92. The van der Waals surface area contributed by atoms with Crippen LogP contribution in [0.3, 0.4) is 0 Å². The minimum atomic E-state index is -3.95. The van der Waals surface area contributed by atoms with E-state index in [1.165, 1.54) is 19.2 Å². The summed E-state index contributed by atoms with van der Waals surface area (Å²) in [6.45, 7) is 1.32. The molecule has 0 radical (unpaired) electrons. The summed E-state index contributed by atoms with van der Waals surface area (Å²) in [6, 6.07) is 10.3. The topological polar surface area (TPSA) is 128 Å². The molecule has 2 aromatic rings. The van der Waals surface area contributed by atoms with Crippen molar-refractivity contribution in [1.29, 1.82) is 0 Å². The molecule has 0 fully saturated rings. The number of nitro benzene ring substituents is 1. The number of methoxy groups -OCH3 is 2. The molecule has 0 unspecified atom stereocenters. The van der Waals surface area contributed by atoms with Crippen LogP contribution >= 0.6 is 0 Å². The Morgan fingerprint density at radius 2 is 1.81 bits per heavy atom. The van der Waals surface area contributed by atoms with E-state index in [-0.39, 0.29) is 23.2 Å². The van der Waals surface area contributed by atoms with Crippen LogP contribution in [0.25, 0.3) is 0 Å². The van der Waals surface area contributed by atoms with Crippen LogP contribution in [0.5, 0.6) is 11.5 Å². The first-order valence-corrected chi connectivity index (χ1v) is 11.2. The number of benzene rings is 2. The normalized spacial score (nSPS) is 12.0. The predicted molar refractivity (Wildman–Crippen MR) is 116 cm³/mol. The quantitative estimate of drug-likeness (QED) is 0.434. The molecular weight excluding hydrogens is 426 g/mol. The number of nitro groups is 1. The molecule has 2 aromatic carbocycles. The smallest absolute Gasteiger partial charge is 0.271 e. The predicted octanol–water partition coefficient (Wildman–Crippen LogP) is 2.65. The summed E-state index contributed by atoms with van der Waals surface area (Å²) in [6.07, 6.45) is 1.48. The van der Waals surface area contributed by atoms with Crippen LogP contribution in [0, 0.1) is 10.1 Å². The van der Waals surface area contributed by atoms with Crippen molar-refractivity contribution in [2.45, 2.75) is 19.4 Å². The van der Waals surface area contributed by atoms with Gasteiger partial charge in [0.25, 0.3) is 5.69 Å². The number of ether oxygens (including phenoxy) is 2. The Hall–Kier alpha value is -3.34. The van der Waals surface area contributed by atoms with Crippen LogP contribution in [0.2, 0.25) is 0 Å². The molecule has 0 bridgehead atoms. The second-order valence-electron chi connectivity index (χ2n) is 6.68. The first-order valence-electron chi connectivity index (χ1n) is 9.34. The second kappa shape index (κ2) is 10.1. The standard InChI is InChI=1S/C20H25N3O7S/c1-5-17(14-6-9-16(29-2)10-7-14)21-20(24)13-22(31(4,27)28)18-12-15(23(25)26)8-11-19(18)30-3/h6-12,17H,5,13H2,1-4H3,(H,21,24)/t17-/m1/s1. The Morgan fingerprint density at radius 1 is 1.16 bits per heavy atom. The van der Waals surface area contributed by atoms with Gasteiger partial charge in [-0.25, -0.2) is 8.42 Å². The fourth-order valence-corrected chi connectivity index (χ4v) is 3.85. The van der Waals surface area contributed by atoms with Gasteiger partial charge < -0.3 is 14.8 Å². The number of carbonyl (C=O) groups is 1. The van der Waals surface area contributed by atoms with E-state index in [2.05, 4.69) is 5.32 Å². The monoisotopic (exact) mass is 451 g/mol. The molecule has 0 aromatic heterocycles. The van der Waals surface area contributed by atoms with Crippen molar-refractivity contribution in [3.8, 4) is 11.5 Å². The van der Waals surface area contributed by atoms with Gasteiger partial charge >= 0.3 is 0 Å². The second-order valence-corrected chi connectivity index (χ2v) is 8.59. The average molecular weight is 452 g/mol. The lowest BCUT2D eigenvalue weighted by atomic mass is 10.0. The molecule has 0 saturated heterocycles.